The predicted molar refractivity (Wildman–Crippen MR) is 103 cm³/mol. The Labute approximate surface area is 149 Å². The van der Waals surface area contributed by atoms with Crippen LogP contribution in [0.5, 0.6) is 0 Å². The maximum absolute atomic E-state index is 12.0. The molecule has 1 amide bonds. The number of carbonyl (C=O) groups excluding carboxylic acids is 1. The fraction of sp³-hybridized carbons (Fsp3) is 0.111. The van der Waals surface area contributed by atoms with E-state index in [4.69, 9.17) is 0 Å². The lowest BCUT2D eigenvalue weighted by atomic mass is 10.1. The Balaban J connectivity index is 1.56. The van der Waals surface area contributed by atoms with Crippen molar-refractivity contribution < 1.29 is 4.79 Å². The molecule has 4 nitrogen and oxygen atoms in total. The topological polar surface area (TPSA) is 54.0 Å². The third-order valence-electron chi connectivity index (χ3n) is 3.30. The van der Waals surface area contributed by atoms with E-state index in [0.717, 1.165) is 27.0 Å². The number of nitrogens with zero attached hydrogens (tertiary/aromatic N) is 1. The summed E-state index contributed by atoms with van der Waals surface area (Å²) >= 11 is 3.09. The number of amides is 1. The van der Waals surface area contributed by atoms with E-state index in [1.165, 1.54) is 11.8 Å². The fourth-order valence-electron chi connectivity index (χ4n) is 2.11. The number of hydrogen-bond acceptors (Lipinski definition) is 5. The van der Waals surface area contributed by atoms with Gasteiger partial charge >= 0.3 is 0 Å². The zero-order chi connectivity index (χ0) is 16.8. The predicted octanol–water partition coefficient (Wildman–Crippen LogP) is 4.58. The van der Waals surface area contributed by atoms with E-state index in [-0.39, 0.29) is 5.91 Å². The molecule has 0 saturated heterocycles. The number of hydrogen-bond donors (Lipinski definition) is 2. The molecule has 0 aliphatic rings. The van der Waals surface area contributed by atoms with Crippen LogP contribution in [0, 0.1) is 0 Å². The highest BCUT2D eigenvalue weighted by atomic mass is 32.2. The number of nitrogens with one attached hydrogen (secondary N) is 2. The number of anilines is 2. The summed E-state index contributed by atoms with van der Waals surface area (Å²) in [4.78, 5) is 17.6. The van der Waals surface area contributed by atoms with Crippen molar-refractivity contribution in [1.82, 2.24) is 4.98 Å². The standard InChI is InChI=1S/C18H17N3OS2/c1-19-18-21-16(11-24-18)13-7-9-14(10-8-13)20-17(22)12-23-15-5-3-2-4-6-15/h2-11H,12H2,1H3,(H,19,21)(H,20,22). The van der Waals surface area contributed by atoms with Gasteiger partial charge in [0.2, 0.25) is 5.91 Å². The maximum atomic E-state index is 12.0. The van der Waals surface area contributed by atoms with Crippen molar-refractivity contribution in [3.63, 3.8) is 0 Å². The van der Waals surface area contributed by atoms with Gasteiger partial charge in [-0.05, 0) is 24.3 Å². The van der Waals surface area contributed by atoms with Crippen LogP contribution in [-0.4, -0.2) is 23.7 Å². The molecule has 24 heavy (non-hydrogen) atoms. The molecular weight excluding hydrogens is 338 g/mol. The summed E-state index contributed by atoms with van der Waals surface area (Å²) in [6.45, 7) is 0. The highest BCUT2D eigenvalue weighted by molar-refractivity contribution is 8.00. The summed E-state index contributed by atoms with van der Waals surface area (Å²) in [5.74, 6) is 0.381. The van der Waals surface area contributed by atoms with E-state index in [2.05, 4.69) is 15.6 Å². The Bertz CT molecular complexity index is 801. The molecule has 2 aromatic carbocycles. The highest BCUT2D eigenvalue weighted by Gasteiger charge is 2.06. The van der Waals surface area contributed by atoms with Gasteiger partial charge in [-0.15, -0.1) is 23.1 Å². The molecule has 0 aliphatic heterocycles. The van der Waals surface area contributed by atoms with Crippen molar-refractivity contribution in [3.05, 3.63) is 60.0 Å². The van der Waals surface area contributed by atoms with Gasteiger partial charge in [0.15, 0.2) is 5.13 Å². The highest BCUT2D eigenvalue weighted by Crippen LogP contribution is 2.25. The van der Waals surface area contributed by atoms with Gasteiger partial charge in [0.1, 0.15) is 0 Å². The van der Waals surface area contributed by atoms with Gasteiger partial charge in [0.25, 0.3) is 0 Å². The molecule has 1 heterocycles. The first-order valence-electron chi connectivity index (χ1n) is 7.46. The Kier molecular flexibility index (Phi) is 5.51. The fourth-order valence-corrected chi connectivity index (χ4v) is 3.51. The first kappa shape index (κ1) is 16.5. The Morgan fingerprint density at radius 2 is 1.88 bits per heavy atom. The number of benzene rings is 2. The number of aromatic nitrogens is 1. The van der Waals surface area contributed by atoms with E-state index >= 15 is 0 Å². The van der Waals surface area contributed by atoms with Crippen LogP contribution in [0.3, 0.4) is 0 Å². The van der Waals surface area contributed by atoms with E-state index in [1.54, 1.807) is 11.3 Å². The molecular formula is C18H17N3OS2. The average Bonchev–Trinajstić information content (AvgIpc) is 3.11. The van der Waals surface area contributed by atoms with Gasteiger partial charge in [0.05, 0.1) is 11.4 Å². The number of thioether (sulfide) groups is 1. The van der Waals surface area contributed by atoms with Gasteiger partial charge in [0, 0.05) is 28.6 Å². The number of thiazole rings is 1. The van der Waals surface area contributed by atoms with Crippen LogP contribution in [0.1, 0.15) is 0 Å². The molecule has 122 valence electrons. The van der Waals surface area contributed by atoms with Gasteiger partial charge in [-0.2, -0.15) is 0 Å². The molecule has 6 heteroatoms. The van der Waals surface area contributed by atoms with Crippen molar-refractivity contribution >= 4 is 39.8 Å². The molecule has 3 rings (SSSR count). The van der Waals surface area contributed by atoms with Crippen LogP contribution in [0.4, 0.5) is 10.8 Å². The largest absolute Gasteiger partial charge is 0.365 e. The number of rotatable bonds is 6. The normalized spacial score (nSPS) is 10.4. The summed E-state index contributed by atoms with van der Waals surface area (Å²) in [5, 5.41) is 8.85. The zero-order valence-corrected chi connectivity index (χ0v) is 14.8. The molecule has 0 saturated carbocycles. The van der Waals surface area contributed by atoms with Crippen LogP contribution in [0.2, 0.25) is 0 Å². The summed E-state index contributed by atoms with van der Waals surface area (Å²) in [7, 11) is 1.86. The second kappa shape index (κ2) is 7.99. The second-order valence-electron chi connectivity index (χ2n) is 5.02. The molecule has 0 aliphatic carbocycles. The van der Waals surface area contributed by atoms with Gasteiger partial charge in [-0.25, -0.2) is 4.98 Å². The number of carbonyl (C=O) groups is 1. The van der Waals surface area contributed by atoms with E-state index in [1.807, 2.05) is 67.0 Å². The quantitative estimate of drug-likeness (QED) is 0.635. The van der Waals surface area contributed by atoms with Crippen LogP contribution in [0.15, 0.2) is 64.9 Å². The minimum Gasteiger partial charge on any atom is -0.365 e. The Morgan fingerprint density at radius 3 is 2.54 bits per heavy atom. The molecule has 0 fully saturated rings. The van der Waals surface area contributed by atoms with E-state index in [0.29, 0.717) is 5.75 Å². The van der Waals surface area contributed by atoms with E-state index in [9.17, 15) is 4.79 Å². The molecule has 0 radical (unpaired) electrons. The van der Waals surface area contributed by atoms with Crippen molar-refractivity contribution in [2.45, 2.75) is 4.90 Å². The van der Waals surface area contributed by atoms with Crippen LogP contribution >= 0.6 is 23.1 Å². The van der Waals surface area contributed by atoms with Crippen molar-refractivity contribution in [1.29, 1.82) is 0 Å². The third-order valence-corrected chi connectivity index (χ3v) is 5.17. The average molecular weight is 355 g/mol. The van der Waals surface area contributed by atoms with E-state index < -0.39 is 0 Å². The lowest BCUT2D eigenvalue weighted by molar-refractivity contribution is -0.113. The van der Waals surface area contributed by atoms with Gasteiger partial charge in [-0.3, -0.25) is 4.79 Å². The first-order valence-corrected chi connectivity index (χ1v) is 9.32. The van der Waals surface area contributed by atoms with Crippen molar-refractivity contribution in [2.24, 2.45) is 0 Å². The lowest BCUT2D eigenvalue weighted by Crippen LogP contribution is -2.13. The van der Waals surface area contributed by atoms with Crippen LogP contribution in [-0.2, 0) is 4.79 Å². The van der Waals surface area contributed by atoms with Crippen molar-refractivity contribution in [2.75, 3.05) is 23.4 Å². The first-order chi connectivity index (χ1) is 11.7. The molecule has 2 N–H and O–H groups in total. The third kappa shape index (κ3) is 4.37. The second-order valence-corrected chi connectivity index (χ2v) is 6.92. The molecule has 0 atom stereocenters. The maximum Gasteiger partial charge on any atom is 0.234 e. The minimum atomic E-state index is -0.0114. The summed E-state index contributed by atoms with van der Waals surface area (Å²) in [6.07, 6.45) is 0. The SMILES string of the molecule is CNc1nc(-c2ccc(NC(=O)CSc3ccccc3)cc2)cs1. The smallest absolute Gasteiger partial charge is 0.234 e. The Morgan fingerprint density at radius 1 is 1.12 bits per heavy atom. The molecule has 1 aromatic heterocycles. The summed E-state index contributed by atoms with van der Waals surface area (Å²) < 4.78 is 0. The van der Waals surface area contributed by atoms with Gasteiger partial charge < -0.3 is 10.6 Å². The van der Waals surface area contributed by atoms with Crippen LogP contribution in [0.25, 0.3) is 11.3 Å². The molecule has 0 unspecified atom stereocenters. The summed E-state index contributed by atoms with van der Waals surface area (Å²) in [6, 6.07) is 17.6. The minimum absolute atomic E-state index is 0.0114. The monoisotopic (exact) mass is 355 g/mol. The molecule has 0 spiro atoms. The summed E-state index contributed by atoms with van der Waals surface area (Å²) in [5.41, 5.74) is 2.76. The Hall–Kier alpha value is -2.31. The van der Waals surface area contributed by atoms with Crippen molar-refractivity contribution in [3.8, 4) is 11.3 Å². The lowest BCUT2D eigenvalue weighted by Gasteiger charge is -2.06. The van der Waals surface area contributed by atoms with Gasteiger partial charge in [-0.1, -0.05) is 30.3 Å². The zero-order valence-electron chi connectivity index (χ0n) is 13.2. The van der Waals surface area contributed by atoms with Crippen LogP contribution < -0.4 is 10.6 Å². The molecule has 3 aromatic rings. The molecule has 0 bridgehead atoms.